The van der Waals surface area contributed by atoms with Crippen LogP contribution in [0, 0.1) is 25.2 Å². The monoisotopic (exact) mass is 287 g/mol. The first kappa shape index (κ1) is 16.5. The van der Waals surface area contributed by atoms with Crippen LogP contribution in [0.3, 0.4) is 0 Å². The number of unbranched alkanes of at least 4 members (excludes halogenated alkanes) is 1. The first-order chi connectivity index (χ1) is 10.1. The highest BCUT2D eigenvalue weighted by Gasteiger charge is 2.34. The van der Waals surface area contributed by atoms with Gasteiger partial charge >= 0.3 is 0 Å². The Morgan fingerprint density at radius 2 is 1.76 bits per heavy atom. The van der Waals surface area contributed by atoms with Crippen molar-refractivity contribution in [2.75, 3.05) is 6.54 Å². The van der Waals surface area contributed by atoms with Gasteiger partial charge in [-0.25, -0.2) is 0 Å². The zero-order chi connectivity index (χ0) is 15.3. The lowest BCUT2D eigenvalue weighted by molar-refractivity contribution is 0.149. The Hall–Kier alpha value is -0.820. The fraction of sp³-hybridized carbons (Fsp3) is 0.700. The Balaban J connectivity index is 2.03. The topological polar surface area (TPSA) is 26.0 Å². The molecule has 2 N–H and O–H groups in total. The predicted octanol–water partition coefficient (Wildman–Crippen LogP) is 5.17. The summed E-state index contributed by atoms with van der Waals surface area (Å²) in [4.78, 5) is 0. The summed E-state index contributed by atoms with van der Waals surface area (Å²) < 4.78 is 0. The number of rotatable bonds is 6. The molecule has 0 atom stereocenters. The number of benzene rings is 1. The van der Waals surface area contributed by atoms with Gasteiger partial charge in [0.25, 0.3) is 0 Å². The van der Waals surface area contributed by atoms with Crippen molar-refractivity contribution in [1.82, 2.24) is 0 Å². The van der Waals surface area contributed by atoms with Crippen LogP contribution in [0.4, 0.5) is 0 Å². The summed E-state index contributed by atoms with van der Waals surface area (Å²) in [6, 6.07) is 6.67. The van der Waals surface area contributed by atoms with Crippen LogP contribution >= 0.6 is 0 Å². The molecule has 21 heavy (non-hydrogen) atoms. The minimum absolute atomic E-state index is 0.361. The van der Waals surface area contributed by atoms with Gasteiger partial charge in [-0.15, -0.1) is 0 Å². The van der Waals surface area contributed by atoms with Crippen molar-refractivity contribution in [1.29, 1.82) is 0 Å². The van der Waals surface area contributed by atoms with Crippen molar-refractivity contribution in [2.24, 2.45) is 17.1 Å². The maximum atomic E-state index is 6.23. The molecule has 1 fully saturated rings. The minimum atomic E-state index is 0.361. The van der Waals surface area contributed by atoms with Crippen LogP contribution in [0.5, 0.6) is 0 Å². The van der Waals surface area contributed by atoms with Gasteiger partial charge in [-0.2, -0.15) is 0 Å². The maximum absolute atomic E-state index is 6.23. The van der Waals surface area contributed by atoms with E-state index < -0.39 is 0 Å². The SMILES string of the molecule is CCCCC1CCC(CN)(Cc2c(C)cccc2C)CC1. The molecule has 1 aromatic carbocycles. The highest BCUT2D eigenvalue weighted by molar-refractivity contribution is 5.34. The second-order valence-electron chi connectivity index (χ2n) is 7.34. The Labute approximate surface area is 131 Å². The molecular weight excluding hydrogens is 254 g/mol. The molecule has 1 nitrogen and oxygen atoms in total. The van der Waals surface area contributed by atoms with Crippen molar-refractivity contribution in [3.63, 3.8) is 0 Å². The summed E-state index contributed by atoms with van der Waals surface area (Å²) in [5.74, 6) is 0.961. The van der Waals surface area contributed by atoms with E-state index in [4.69, 9.17) is 5.73 Å². The molecule has 2 rings (SSSR count). The molecule has 0 amide bonds. The lowest BCUT2D eigenvalue weighted by Crippen LogP contribution is -2.37. The average Bonchev–Trinajstić information content (AvgIpc) is 2.50. The van der Waals surface area contributed by atoms with E-state index in [-0.39, 0.29) is 0 Å². The van der Waals surface area contributed by atoms with E-state index in [1.807, 2.05) is 0 Å². The summed E-state index contributed by atoms with van der Waals surface area (Å²) in [5, 5.41) is 0. The summed E-state index contributed by atoms with van der Waals surface area (Å²) in [7, 11) is 0. The van der Waals surface area contributed by atoms with E-state index in [1.54, 1.807) is 5.56 Å². The van der Waals surface area contributed by atoms with Crippen molar-refractivity contribution in [3.05, 3.63) is 34.9 Å². The second kappa shape index (κ2) is 7.45. The Bertz CT molecular complexity index is 421. The van der Waals surface area contributed by atoms with Crippen LogP contribution < -0.4 is 5.73 Å². The van der Waals surface area contributed by atoms with Gasteiger partial charge in [0.1, 0.15) is 0 Å². The fourth-order valence-electron chi connectivity index (χ4n) is 4.03. The molecule has 118 valence electrons. The van der Waals surface area contributed by atoms with Crippen LogP contribution in [0.25, 0.3) is 0 Å². The zero-order valence-electron chi connectivity index (χ0n) is 14.3. The van der Waals surface area contributed by atoms with Crippen LogP contribution in [-0.2, 0) is 6.42 Å². The smallest absolute Gasteiger partial charge is 0.00173 e. The van der Waals surface area contributed by atoms with Gasteiger partial charge in [-0.1, -0.05) is 44.4 Å². The van der Waals surface area contributed by atoms with Gasteiger partial charge in [0.15, 0.2) is 0 Å². The molecule has 0 unspecified atom stereocenters. The van der Waals surface area contributed by atoms with Gasteiger partial charge in [0.2, 0.25) is 0 Å². The van der Waals surface area contributed by atoms with E-state index in [1.165, 1.54) is 62.5 Å². The Morgan fingerprint density at radius 3 is 2.29 bits per heavy atom. The number of hydrogen-bond acceptors (Lipinski definition) is 1. The van der Waals surface area contributed by atoms with E-state index in [9.17, 15) is 0 Å². The maximum Gasteiger partial charge on any atom is -0.00173 e. The molecule has 1 aliphatic rings. The van der Waals surface area contributed by atoms with E-state index in [0.717, 1.165) is 12.5 Å². The standard InChI is InChI=1S/C20H33N/c1-4-5-9-18-10-12-20(15-21,13-11-18)14-19-16(2)7-6-8-17(19)3/h6-8,18H,4-5,9-15,21H2,1-3H3. The van der Waals surface area contributed by atoms with E-state index in [2.05, 4.69) is 39.0 Å². The second-order valence-corrected chi connectivity index (χ2v) is 7.34. The molecule has 0 spiro atoms. The zero-order valence-corrected chi connectivity index (χ0v) is 14.3. The summed E-state index contributed by atoms with van der Waals surface area (Å²) in [6.07, 6.45) is 10.8. The normalized spacial score (nSPS) is 26.0. The molecule has 1 aliphatic carbocycles. The number of hydrogen-bond donors (Lipinski definition) is 1. The molecule has 1 saturated carbocycles. The number of aryl methyl sites for hydroxylation is 2. The third-order valence-electron chi connectivity index (χ3n) is 5.76. The number of nitrogens with two attached hydrogens (primary N) is 1. The summed E-state index contributed by atoms with van der Waals surface area (Å²) in [6.45, 7) is 7.65. The van der Waals surface area contributed by atoms with Crippen LogP contribution in [0.2, 0.25) is 0 Å². The van der Waals surface area contributed by atoms with Crippen molar-refractivity contribution in [3.8, 4) is 0 Å². The lowest BCUT2D eigenvalue weighted by atomic mass is 9.66. The molecule has 1 heteroatoms. The highest BCUT2D eigenvalue weighted by Crippen LogP contribution is 2.43. The Morgan fingerprint density at radius 1 is 1.14 bits per heavy atom. The van der Waals surface area contributed by atoms with Gasteiger partial charge in [0, 0.05) is 0 Å². The Kier molecular flexibility index (Phi) is 5.87. The summed E-state index contributed by atoms with van der Waals surface area (Å²) in [5.41, 5.74) is 11.0. The third kappa shape index (κ3) is 4.10. The van der Waals surface area contributed by atoms with Crippen molar-refractivity contribution in [2.45, 2.75) is 72.1 Å². The highest BCUT2D eigenvalue weighted by atomic mass is 14.6. The van der Waals surface area contributed by atoms with Gasteiger partial charge in [-0.05, 0) is 80.5 Å². The molecular formula is C20H33N. The molecule has 1 aromatic rings. The van der Waals surface area contributed by atoms with E-state index >= 15 is 0 Å². The lowest BCUT2D eigenvalue weighted by Gasteiger charge is -2.40. The van der Waals surface area contributed by atoms with Crippen molar-refractivity contribution < 1.29 is 0 Å². The molecule has 0 saturated heterocycles. The van der Waals surface area contributed by atoms with Gasteiger partial charge in [-0.3, -0.25) is 0 Å². The first-order valence-corrected chi connectivity index (χ1v) is 8.85. The molecule has 0 bridgehead atoms. The van der Waals surface area contributed by atoms with Crippen LogP contribution in [-0.4, -0.2) is 6.54 Å². The van der Waals surface area contributed by atoms with Gasteiger partial charge in [0.05, 0.1) is 0 Å². The minimum Gasteiger partial charge on any atom is -0.330 e. The largest absolute Gasteiger partial charge is 0.330 e. The first-order valence-electron chi connectivity index (χ1n) is 8.85. The van der Waals surface area contributed by atoms with E-state index in [0.29, 0.717) is 5.41 Å². The fourth-order valence-corrected chi connectivity index (χ4v) is 4.03. The quantitative estimate of drug-likeness (QED) is 0.767. The molecule has 0 heterocycles. The molecule has 0 aromatic heterocycles. The molecule has 0 aliphatic heterocycles. The average molecular weight is 287 g/mol. The van der Waals surface area contributed by atoms with Crippen LogP contribution in [0.15, 0.2) is 18.2 Å². The van der Waals surface area contributed by atoms with Crippen LogP contribution in [0.1, 0.15) is 68.6 Å². The van der Waals surface area contributed by atoms with Gasteiger partial charge < -0.3 is 5.73 Å². The molecule has 0 radical (unpaired) electrons. The summed E-state index contributed by atoms with van der Waals surface area (Å²) >= 11 is 0. The predicted molar refractivity (Wildman–Crippen MR) is 92.6 cm³/mol. The van der Waals surface area contributed by atoms with Crippen molar-refractivity contribution >= 4 is 0 Å². The third-order valence-corrected chi connectivity index (χ3v) is 5.76.